The maximum absolute atomic E-state index is 11.8. The molecule has 3 rings (SSSR count). The highest BCUT2D eigenvalue weighted by Crippen LogP contribution is 2.30. The van der Waals surface area contributed by atoms with Crippen LogP contribution in [-0.2, 0) is 4.74 Å². The average molecular weight is 314 g/mol. The molecule has 110 valence electrons. The van der Waals surface area contributed by atoms with Crippen LogP contribution in [0.15, 0.2) is 59.5 Å². The molecule has 0 saturated heterocycles. The highest BCUT2D eigenvalue weighted by Gasteiger charge is 2.14. The molecular weight excluding hydrogens is 302 g/mol. The number of carbonyl (C=O) groups excluding carboxylic acids is 1. The number of aromatic nitrogens is 1. The summed E-state index contributed by atoms with van der Waals surface area (Å²) in [4.78, 5) is 16.2. The molecule has 0 fully saturated rings. The molecule has 0 atom stereocenters. The van der Waals surface area contributed by atoms with Crippen LogP contribution in [-0.4, -0.2) is 17.6 Å². The van der Waals surface area contributed by atoms with Gasteiger partial charge in [-0.3, -0.25) is 0 Å². The topological polar surface area (TPSA) is 52.3 Å². The van der Waals surface area contributed by atoms with E-state index in [1.807, 2.05) is 18.2 Å². The maximum atomic E-state index is 11.8. The lowest BCUT2D eigenvalue weighted by atomic mass is 10.2. The van der Waals surface area contributed by atoms with Crippen molar-refractivity contribution in [2.45, 2.75) is 0 Å². The minimum atomic E-state index is -0.427. The Bertz CT molecular complexity index is 854. The van der Waals surface area contributed by atoms with Crippen molar-refractivity contribution in [3.63, 3.8) is 0 Å². The number of ether oxygens (including phenoxy) is 1. The fourth-order valence-corrected chi connectivity index (χ4v) is 2.24. The standard InChI is InChI=1S/C17H12ClNO3/c1-2-9-21-17(20)11-7-8-15-14(10-11)19-16(22-15)12-5-3-4-6-13(12)18/h2-8,10H,1,9H2. The molecule has 0 bridgehead atoms. The van der Waals surface area contributed by atoms with E-state index in [9.17, 15) is 4.79 Å². The number of nitrogens with zero attached hydrogens (tertiary/aromatic N) is 1. The van der Waals surface area contributed by atoms with Gasteiger partial charge in [0.05, 0.1) is 16.1 Å². The lowest BCUT2D eigenvalue weighted by Crippen LogP contribution is -2.04. The Morgan fingerprint density at radius 2 is 2.14 bits per heavy atom. The second-order valence-corrected chi connectivity index (χ2v) is 4.98. The molecule has 2 aromatic carbocycles. The van der Waals surface area contributed by atoms with Gasteiger partial charge in [-0.25, -0.2) is 9.78 Å². The Hall–Kier alpha value is -2.59. The van der Waals surface area contributed by atoms with Gasteiger partial charge in [-0.2, -0.15) is 0 Å². The number of hydrogen-bond donors (Lipinski definition) is 0. The van der Waals surface area contributed by atoms with E-state index >= 15 is 0 Å². The van der Waals surface area contributed by atoms with Gasteiger partial charge in [0.15, 0.2) is 5.58 Å². The summed E-state index contributed by atoms with van der Waals surface area (Å²) in [5.41, 5.74) is 2.27. The number of esters is 1. The lowest BCUT2D eigenvalue weighted by Gasteiger charge is -2.00. The van der Waals surface area contributed by atoms with Gasteiger partial charge in [-0.15, -0.1) is 0 Å². The van der Waals surface area contributed by atoms with E-state index in [-0.39, 0.29) is 6.61 Å². The third-order valence-corrected chi connectivity index (χ3v) is 3.39. The SMILES string of the molecule is C=CCOC(=O)c1ccc2oc(-c3ccccc3Cl)nc2c1. The number of oxazole rings is 1. The summed E-state index contributed by atoms with van der Waals surface area (Å²) >= 11 is 6.14. The van der Waals surface area contributed by atoms with Crippen LogP contribution in [0.5, 0.6) is 0 Å². The first-order valence-electron chi connectivity index (χ1n) is 6.62. The van der Waals surface area contributed by atoms with E-state index < -0.39 is 5.97 Å². The largest absolute Gasteiger partial charge is 0.458 e. The average Bonchev–Trinajstić information content (AvgIpc) is 2.95. The van der Waals surface area contributed by atoms with E-state index in [1.54, 1.807) is 24.3 Å². The van der Waals surface area contributed by atoms with Crippen molar-refractivity contribution in [1.82, 2.24) is 4.98 Å². The van der Waals surface area contributed by atoms with Crippen molar-refractivity contribution >= 4 is 28.7 Å². The van der Waals surface area contributed by atoms with Crippen LogP contribution in [0.25, 0.3) is 22.6 Å². The Labute approximate surface area is 132 Å². The predicted octanol–water partition coefficient (Wildman–Crippen LogP) is 4.49. The number of carbonyl (C=O) groups is 1. The van der Waals surface area contributed by atoms with Gasteiger partial charge >= 0.3 is 5.97 Å². The Kier molecular flexibility index (Phi) is 3.94. The van der Waals surface area contributed by atoms with Crippen molar-refractivity contribution in [3.05, 3.63) is 65.7 Å². The molecule has 4 nitrogen and oxygen atoms in total. The summed E-state index contributed by atoms with van der Waals surface area (Å²) in [6, 6.07) is 12.2. The second kappa shape index (κ2) is 6.03. The fraction of sp³-hybridized carbons (Fsp3) is 0.0588. The first-order chi connectivity index (χ1) is 10.7. The number of halogens is 1. The summed E-state index contributed by atoms with van der Waals surface area (Å²) in [6.45, 7) is 3.67. The highest BCUT2D eigenvalue weighted by atomic mass is 35.5. The highest BCUT2D eigenvalue weighted by molar-refractivity contribution is 6.33. The summed E-state index contributed by atoms with van der Waals surface area (Å²) in [6.07, 6.45) is 1.52. The fourth-order valence-electron chi connectivity index (χ4n) is 2.02. The zero-order chi connectivity index (χ0) is 15.5. The number of rotatable bonds is 4. The lowest BCUT2D eigenvalue weighted by molar-refractivity contribution is 0.0550. The van der Waals surface area contributed by atoms with Gasteiger partial charge in [0.1, 0.15) is 12.1 Å². The summed E-state index contributed by atoms with van der Waals surface area (Å²) in [5, 5.41) is 0.555. The molecule has 0 saturated carbocycles. The molecule has 0 radical (unpaired) electrons. The van der Waals surface area contributed by atoms with Crippen molar-refractivity contribution in [2.24, 2.45) is 0 Å². The first-order valence-corrected chi connectivity index (χ1v) is 7.00. The molecule has 3 aromatic rings. The smallest absolute Gasteiger partial charge is 0.338 e. The minimum Gasteiger partial charge on any atom is -0.458 e. The van der Waals surface area contributed by atoms with Crippen LogP contribution < -0.4 is 0 Å². The van der Waals surface area contributed by atoms with Crippen molar-refractivity contribution < 1.29 is 13.9 Å². The zero-order valence-corrected chi connectivity index (χ0v) is 12.3. The molecule has 5 heteroatoms. The molecule has 0 aliphatic rings. The van der Waals surface area contributed by atoms with Gasteiger partial charge in [-0.1, -0.05) is 36.4 Å². The number of fused-ring (bicyclic) bond motifs is 1. The Morgan fingerprint density at radius 3 is 2.91 bits per heavy atom. The molecule has 0 amide bonds. The summed E-state index contributed by atoms with van der Waals surface area (Å²) in [7, 11) is 0. The number of hydrogen-bond acceptors (Lipinski definition) is 4. The van der Waals surface area contributed by atoms with Crippen LogP contribution in [0.1, 0.15) is 10.4 Å². The van der Waals surface area contributed by atoms with Gasteiger partial charge in [-0.05, 0) is 30.3 Å². The van der Waals surface area contributed by atoms with Crippen LogP contribution in [0, 0.1) is 0 Å². The monoisotopic (exact) mass is 313 g/mol. The third-order valence-electron chi connectivity index (χ3n) is 3.06. The molecule has 0 aliphatic carbocycles. The molecule has 0 unspecified atom stereocenters. The van der Waals surface area contributed by atoms with Crippen molar-refractivity contribution in [3.8, 4) is 11.5 Å². The van der Waals surface area contributed by atoms with E-state index in [2.05, 4.69) is 11.6 Å². The molecule has 1 heterocycles. The quantitative estimate of drug-likeness (QED) is 0.526. The van der Waals surface area contributed by atoms with Gasteiger partial charge in [0.25, 0.3) is 0 Å². The Balaban J connectivity index is 1.99. The van der Waals surface area contributed by atoms with Gasteiger partial charge < -0.3 is 9.15 Å². The van der Waals surface area contributed by atoms with Crippen LogP contribution in [0.3, 0.4) is 0 Å². The van der Waals surface area contributed by atoms with Crippen molar-refractivity contribution in [1.29, 1.82) is 0 Å². The first kappa shape index (κ1) is 14.4. The summed E-state index contributed by atoms with van der Waals surface area (Å²) in [5.74, 6) is -0.0127. The molecule has 0 aliphatic heterocycles. The van der Waals surface area contributed by atoms with E-state index in [0.29, 0.717) is 33.1 Å². The maximum Gasteiger partial charge on any atom is 0.338 e. The van der Waals surface area contributed by atoms with Crippen LogP contribution in [0.2, 0.25) is 5.02 Å². The van der Waals surface area contributed by atoms with Crippen molar-refractivity contribution in [2.75, 3.05) is 6.61 Å². The minimum absolute atomic E-state index is 0.167. The van der Waals surface area contributed by atoms with Gasteiger partial charge in [0, 0.05) is 0 Å². The van der Waals surface area contributed by atoms with Crippen LogP contribution in [0.4, 0.5) is 0 Å². The number of benzene rings is 2. The Morgan fingerprint density at radius 1 is 1.32 bits per heavy atom. The van der Waals surface area contributed by atoms with Gasteiger partial charge in [0.2, 0.25) is 5.89 Å². The van der Waals surface area contributed by atoms with E-state index in [4.69, 9.17) is 20.8 Å². The predicted molar refractivity (Wildman–Crippen MR) is 84.9 cm³/mol. The molecule has 0 N–H and O–H groups in total. The normalized spacial score (nSPS) is 10.6. The third kappa shape index (κ3) is 2.73. The van der Waals surface area contributed by atoms with Crippen LogP contribution >= 0.6 is 11.6 Å². The molecular formula is C17H12ClNO3. The van der Waals surface area contributed by atoms with E-state index in [1.165, 1.54) is 6.08 Å². The molecule has 0 spiro atoms. The molecule has 1 aromatic heterocycles. The zero-order valence-electron chi connectivity index (χ0n) is 11.6. The second-order valence-electron chi connectivity index (χ2n) is 4.57. The van der Waals surface area contributed by atoms with E-state index in [0.717, 1.165) is 0 Å². The molecule has 22 heavy (non-hydrogen) atoms. The summed E-state index contributed by atoms with van der Waals surface area (Å²) < 4.78 is 10.7.